The Hall–Kier alpha value is -2.82. The maximum atomic E-state index is 12.4. The Balaban J connectivity index is 1.78. The van der Waals surface area contributed by atoms with E-state index in [0.717, 1.165) is 22.3 Å². The SMILES string of the molecule is CC(C)[C@H](C(=O)O)N(C)C(=O)OCC1c2ccccc2-c2ccccc21. The second kappa shape index (κ2) is 7.20. The van der Waals surface area contributed by atoms with Gasteiger partial charge in [0.1, 0.15) is 12.6 Å². The molecule has 1 N–H and O–H groups in total. The number of carboxylic acids is 1. The molecule has 0 spiro atoms. The van der Waals surface area contributed by atoms with Crippen molar-refractivity contribution in [2.75, 3.05) is 13.7 Å². The number of carbonyl (C=O) groups is 2. The van der Waals surface area contributed by atoms with E-state index in [1.165, 1.54) is 11.9 Å². The van der Waals surface area contributed by atoms with E-state index in [1.54, 1.807) is 13.8 Å². The summed E-state index contributed by atoms with van der Waals surface area (Å²) >= 11 is 0. The fourth-order valence-corrected chi connectivity index (χ4v) is 3.71. The minimum Gasteiger partial charge on any atom is -0.480 e. The van der Waals surface area contributed by atoms with Crippen molar-refractivity contribution in [1.29, 1.82) is 0 Å². The number of hydrogen-bond acceptors (Lipinski definition) is 3. The Bertz CT molecular complexity index is 785. The van der Waals surface area contributed by atoms with Crippen LogP contribution < -0.4 is 0 Å². The summed E-state index contributed by atoms with van der Waals surface area (Å²) in [7, 11) is 1.47. The van der Waals surface area contributed by atoms with Gasteiger partial charge in [0.05, 0.1) is 0 Å². The number of carbonyl (C=O) groups excluding carboxylic acids is 1. The maximum Gasteiger partial charge on any atom is 0.410 e. The number of aliphatic carboxylic acids is 1. The van der Waals surface area contributed by atoms with Gasteiger partial charge in [0.25, 0.3) is 0 Å². The largest absolute Gasteiger partial charge is 0.480 e. The molecule has 2 aromatic rings. The van der Waals surface area contributed by atoms with Crippen molar-refractivity contribution >= 4 is 12.1 Å². The third kappa shape index (κ3) is 3.17. The predicted molar refractivity (Wildman–Crippen MR) is 99.1 cm³/mol. The standard InChI is InChI=1S/C21H23NO4/c1-13(2)19(20(23)24)22(3)21(25)26-12-18-16-10-6-4-8-14(16)15-9-5-7-11-17(15)18/h4-11,13,18-19H,12H2,1-3H3,(H,23,24)/t19-/m1/s1. The van der Waals surface area contributed by atoms with E-state index in [9.17, 15) is 14.7 Å². The Morgan fingerprint density at radius 2 is 1.54 bits per heavy atom. The molecule has 2 aromatic carbocycles. The summed E-state index contributed by atoms with van der Waals surface area (Å²) in [4.78, 5) is 25.0. The number of benzene rings is 2. The summed E-state index contributed by atoms with van der Waals surface area (Å²) < 4.78 is 5.51. The summed E-state index contributed by atoms with van der Waals surface area (Å²) in [5, 5.41) is 9.35. The van der Waals surface area contributed by atoms with Crippen LogP contribution in [0.15, 0.2) is 48.5 Å². The number of rotatable bonds is 5. The highest BCUT2D eigenvalue weighted by Gasteiger charge is 2.33. The zero-order chi connectivity index (χ0) is 18.8. The minimum atomic E-state index is -1.03. The van der Waals surface area contributed by atoms with Crippen LogP contribution in [0.2, 0.25) is 0 Å². The molecule has 3 rings (SSSR count). The Labute approximate surface area is 153 Å². The molecule has 0 bridgehead atoms. The van der Waals surface area contributed by atoms with Crippen LogP contribution in [0.25, 0.3) is 11.1 Å². The molecule has 0 unspecified atom stereocenters. The monoisotopic (exact) mass is 353 g/mol. The number of nitrogens with zero attached hydrogens (tertiary/aromatic N) is 1. The topological polar surface area (TPSA) is 66.8 Å². The smallest absolute Gasteiger partial charge is 0.410 e. The average molecular weight is 353 g/mol. The van der Waals surface area contributed by atoms with E-state index in [4.69, 9.17) is 4.74 Å². The van der Waals surface area contributed by atoms with E-state index >= 15 is 0 Å². The van der Waals surface area contributed by atoms with Crippen LogP contribution in [0.5, 0.6) is 0 Å². The van der Waals surface area contributed by atoms with Crippen molar-refractivity contribution in [3.63, 3.8) is 0 Å². The lowest BCUT2D eigenvalue weighted by Gasteiger charge is -2.27. The van der Waals surface area contributed by atoms with Gasteiger partial charge in [-0.25, -0.2) is 9.59 Å². The first kappa shape index (κ1) is 18.0. The van der Waals surface area contributed by atoms with E-state index in [2.05, 4.69) is 12.1 Å². The van der Waals surface area contributed by atoms with Gasteiger partial charge in [0, 0.05) is 13.0 Å². The van der Waals surface area contributed by atoms with Gasteiger partial charge in [-0.15, -0.1) is 0 Å². The lowest BCUT2D eigenvalue weighted by atomic mass is 9.98. The summed E-state index contributed by atoms with van der Waals surface area (Å²) in [6.07, 6.45) is -0.618. The van der Waals surface area contributed by atoms with Crippen LogP contribution >= 0.6 is 0 Å². The first-order valence-corrected chi connectivity index (χ1v) is 8.72. The van der Waals surface area contributed by atoms with Crippen LogP contribution in [-0.2, 0) is 9.53 Å². The quantitative estimate of drug-likeness (QED) is 0.883. The van der Waals surface area contributed by atoms with E-state index < -0.39 is 18.1 Å². The number of hydrogen-bond donors (Lipinski definition) is 1. The minimum absolute atomic E-state index is 0.0397. The summed E-state index contributed by atoms with van der Waals surface area (Å²) in [5.74, 6) is -1.28. The molecule has 0 saturated heterocycles. The van der Waals surface area contributed by atoms with Crippen LogP contribution in [0.3, 0.4) is 0 Å². The first-order chi connectivity index (χ1) is 12.4. The molecule has 26 heavy (non-hydrogen) atoms. The predicted octanol–water partition coefficient (Wildman–Crippen LogP) is 3.98. The maximum absolute atomic E-state index is 12.4. The van der Waals surface area contributed by atoms with Crippen molar-refractivity contribution in [2.24, 2.45) is 5.92 Å². The van der Waals surface area contributed by atoms with Crippen LogP contribution in [-0.4, -0.2) is 41.8 Å². The normalized spacial score (nSPS) is 13.8. The molecule has 0 radical (unpaired) electrons. The highest BCUT2D eigenvalue weighted by molar-refractivity contribution is 5.81. The van der Waals surface area contributed by atoms with Crippen molar-refractivity contribution < 1.29 is 19.4 Å². The van der Waals surface area contributed by atoms with Crippen molar-refractivity contribution in [3.8, 4) is 11.1 Å². The van der Waals surface area contributed by atoms with Gasteiger partial charge >= 0.3 is 12.1 Å². The van der Waals surface area contributed by atoms with Crippen molar-refractivity contribution in [1.82, 2.24) is 4.90 Å². The van der Waals surface area contributed by atoms with Gasteiger partial charge in [-0.3, -0.25) is 4.90 Å². The van der Waals surface area contributed by atoms with E-state index in [0.29, 0.717) is 0 Å². The fraction of sp³-hybridized carbons (Fsp3) is 0.333. The fourth-order valence-electron chi connectivity index (χ4n) is 3.71. The highest BCUT2D eigenvalue weighted by Crippen LogP contribution is 2.44. The second-order valence-electron chi connectivity index (χ2n) is 6.94. The van der Waals surface area contributed by atoms with Crippen molar-refractivity contribution in [3.05, 3.63) is 59.7 Å². The molecule has 1 amide bonds. The van der Waals surface area contributed by atoms with Gasteiger partial charge in [0.15, 0.2) is 0 Å². The Morgan fingerprint density at radius 3 is 2.00 bits per heavy atom. The average Bonchev–Trinajstić information content (AvgIpc) is 2.93. The van der Waals surface area contributed by atoms with Gasteiger partial charge in [-0.1, -0.05) is 62.4 Å². The number of likely N-dealkylation sites (N-methyl/N-ethyl adjacent to an activating group) is 1. The second-order valence-corrected chi connectivity index (χ2v) is 6.94. The molecule has 0 saturated carbocycles. The summed E-state index contributed by atoms with van der Waals surface area (Å²) in [5.41, 5.74) is 4.57. The molecule has 0 aliphatic heterocycles. The molecular weight excluding hydrogens is 330 g/mol. The number of fused-ring (bicyclic) bond motifs is 3. The molecular formula is C21H23NO4. The first-order valence-electron chi connectivity index (χ1n) is 8.72. The summed E-state index contributed by atoms with van der Waals surface area (Å²) in [6.45, 7) is 3.72. The van der Waals surface area contributed by atoms with Crippen LogP contribution in [0, 0.1) is 5.92 Å². The van der Waals surface area contributed by atoms with Gasteiger partial charge < -0.3 is 9.84 Å². The molecule has 1 aliphatic carbocycles. The third-order valence-corrected chi connectivity index (χ3v) is 4.93. The Kier molecular flexibility index (Phi) is 4.98. The highest BCUT2D eigenvalue weighted by atomic mass is 16.6. The third-order valence-electron chi connectivity index (χ3n) is 4.93. The lowest BCUT2D eigenvalue weighted by molar-refractivity contribution is -0.143. The molecule has 1 aliphatic rings. The zero-order valence-corrected chi connectivity index (χ0v) is 15.2. The molecule has 5 nitrogen and oxygen atoms in total. The molecule has 136 valence electrons. The van der Waals surface area contributed by atoms with Crippen LogP contribution in [0.4, 0.5) is 4.79 Å². The Morgan fingerprint density at radius 1 is 1.04 bits per heavy atom. The molecule has 5 heteroatoms. The molecule has 0 aromatic heterocycles. The molecule has 0 heterocycles. The van der Waals surface area contributed by atoms with Gasteiger partial charge in [0.2, 0.25) is 0 Å². The zero-order valence-electron chi connectivity index (χ0n) is 15.2. The lowest BCUT2D eigenvalue weighted by Crippen LogP contribution is -2.46. The van der Waals surface area contributed by atoms with Crippen LogP contribution in [0.1, 0.15) is 30.9 Å². The molecule has 0 fully saturated rings. The van der Waals surface area contributed by atoms with E-state index in [1.807, 2.05) is 36.4 Å². The number of carboxylic acid groups (broad SMARTS) is 1. The number of amides is 1. The van der Waals surface area contributed by atoms with Crippen molar-refractivity contribution in [2.45, 2.75) is 25.8 Å². The number of ether oxygens (including phenoxy) is 1. The van der Waals surface area contributed by atoms with Gasteiger partial charge in [-0.2, -0.15) is 0 Å². The summed E-state index contributed by atoms with van der Waals surface area (Å²) in [6, 6.07) is 15.3. The molecule has 1 atom stereocenters. The van der Waals surface area contributed by atoms with E-state index in [-0.39, 0.29) is 18.4 Å². The van der Waals surface area contributed by atoms with Gasteiger partial charge in [-0.05, 0) is 28.2 Å².